The number of fused-ring (bicyclic) bond motifs is 3. The molecule has 3 rings (SSSR count). The molecule has 0 fully saturated rings. The van der Waals surface area contributed by atoms with E-state index in [9.17, 15) is 0 Å². The Labute approximate surface area is 76.6 Å². The van der Waals surface area contributed by atoms with Crippen LogP contribution < -0.4 is 0 Å². The first kappa shape index (κ1) is 6.79. The average Bonchev–Trinajstić information content (AvgIpc) is 2.65. The number of rotatable bonds is 0. The second-order valence-corrected chi connectivity index (χ2v) is 3.31. The quantitative estimate of drug-likeness (QED) is 0.528. The first-order valence-electron chi connectivity index (χ1n) is 3.64. The van der Waals surface area contributed by atoms with Gasteiger partial charge in [-0.25, -0.2) is 0 Å². The van der Waals surface area contributed by atoms with Crippen LogP contribution >= 0.6 is 11.5 Å². The molecule has 0 atom stereocenters. The molecule has 2 aromatic heterocycles. The minimum atomic E-state index is 0.822. The molecule has 0 saturated heterocycles. The lowest BCUT2D eigenvalue weighted by molar-refractivity contribution is 0.897. The zero-order chi connectivity index (χ0) is 8.67. The van der Waals surface area contributed by atoms with Crippen LogP contribution in [-0.2, 0) is 0 Å². The Morgan fingerprint density at radius 2 is 2.15 bits per heavy atom. The molecule has 2 heterocycles. The lowest BCUT2D eigenvalue weighted by Gasteiger charge is -1.92. The highest BCUT2D eigenvalue weighted by Gasteiger charge is 2.04. The third-order valence-corrected chi connectivity index (χ3v) is 2.56. The van der Waals surface area contributed by atoms with E-state index in [-0.39, 0.29) is 0 Å². The lowest BCUT2D eigenvalue weighted by Crippen LogP contribution is -1.86. The van der Waals surface area contributed by atoms with Crippen molar-refractivity contribution in [2.75, 3.05) is 0 Å². The molecule has 1 aromatic carbocycles. The molecule has 3 aromatic rings. The van der Waals surface area contributed by atoms with Gasteiger partial charge in [0.1, 0.15) is 15.7 Å². The highest BCUT2D eigenvalue weighted by atomic mass is 32.1. The molecule has 0 aliphatic heterocycles. The first-order chi connectivity index (χ1) is 6.45. The molecule has 0 unspecified atom stereocenters. The minimum Gasteiger partial charge on any atom is -0.138 e. The summed E-state index contributed by atoms with van der Waals surface area (Å²) in [6, 6.07) is 3.82. The Bertz CT molecular complexity index is 575. The van der Waals surface area contributed by atoms with Gasteiger partial charge in [0.25, 0.3) is 0 Å². The van der Waals surface area contributed by atoms with Crippen molar-refractivity contribution in [2.45, 2.75) is 0 Å². The molecule has 13 heavy (non-hydrogen) atoms. The van der Waals surface area contributed by atoms with E-state index in [2.05, 4.69) is 25.0 Å². The summed E-state index contributed by atoms with van der Waals surface area (Å²) in [4.78, 5) is 0. The van der Waals surface area contributed by atoms with Gasteiger partial charge in [-0.2, -0.15) is 0 Å². The summed E-state index contributed by atoms with van der Waals surface area (Å²) in [5.41, 5.74) is 1.68. The van der Waals surface area contributed by atoms with Crippen LogP contribution in [0.2, 0.25) is 0 Å². The Balaban J connectivity index is 2.65. The highest BCUT2D eigenvalue weighted by Crippen LogP contribution is 2.23. The molecular formula is C7H3N5S. The van der Waals surface area contributed by atoms with Crippen LogP contribution in [0.25, 0.3) is 21.1 Å². The zero-order valence-corrected chi connectivity index (χ0v) is 7.19. The van der Waals surface area contributed by atoms with E-state index in [4.69, 9.17) is 0 Å². The largest absolute Gasteiger partial charge is 0.138 e. The second-order valence-electron chi connectivity index (χ2n) is 2.56. The van der Waals surface area contributed by atoms with E-state index in [1.54, 1.807) is 6.20 Å². The maximum atomic E-state index is 3.95. The predicted molar refractivity (Wildman–Crippen MR) is 48.3 cm³/mol. The Morgan fingerprint density at radius 3 is 3.15 bits per heavy atom. The summed E-state index contributed by atoms with van der Waals surface area (Å²) in [7, 11) is 0. The Kier molecular flexibility index (Phi) is 1.25. The molecule has 0 spiro atoms. The van der Waals surface area contributed by atoms with Gasteiger partial charge >= 0.3 is 0 Å². The van der Waals surface area contributed by atoms with Crippen LogP contribution in [0.5, 0.6) is 0 Å². The lowest BCUT2D eigenvalue weighted by atomic mass is 10.2. The normalized spacial score (nSPS) is 11.1. The van der Waals surface area contributed by atoms with E-state index in [1.807, 2.05) is 12.1 Å². The third-order valence-electron chi connectivity index (χ3n) is 1.82. The van der Waals surface area contributed by atoms with Gasteiger partial charge in [-0.3, -0.25) is 0 Å². The van der Waals surface area contributed by atoms with Crippen LogP contribution in [-0.4, -0.2) is 25.0 Å². The smallest absolute Gasteiger partial charge is 0.117 e. The summed E-state index contributed by atoms with van der Waals surface area (Å²) in [6.07, 6.45) is 1.68. The third kappa shape index (κ3) is 0.888. The van der Waals surface area contributed by atoms with Gasteiger partial charge in [0.15, 0.2) is 0 Å². The molecule has 0 aliphatic rings. The van der Waals surface area contributed by atoms with E-state index in [0.717, 1.165) is 21.1 Å². The fourth-order valence-electron chi connectivity index (χ4n) is 1.22. The molecule has 6 heteroatoms. The monoisotopic (exact) mass is 189 g/mol. The van der Waals surface area contributed by atoms with Crippen molar-refractivity contribution >= 4 is 32.7 Å². The summed E-state index contributed by atoms with van der Waals surface area (Å²) >= 11 is 1.33. The highest BCUT2D eigenvalue weighted by molar-refractivity contribution is 7.14. The van der Waals surface area contributed by atoms with Gasteiger partial charge in [0.2, 0.25) is 0 Å². The van der Waals surface area contributed by atoms with Crippen molar-refractivity contribution in [1.29, 1.82) is 0 Å². The molecular weight excluding hydrogens is 186 g/mol. The summed E-state index contributed by atoms with van der Waals surface area (Å²) in [5, 5.41) is 16.2. The van der Waals surface area contributed by atoms with Crippen LogP contribution in [0.4, 0.5) is 0 Å². The van der Waals surface area contributed by atoms with Crippen molar-refractivity contribution in [2.24, 2.45) is 0 Å². The molecule has 0 N–H and O–H groups in total. The van der Waals surface area contributed by atoms with Gasteiger partial charge in [-0.1, -0.05) is 4.49 Å². The Hall–Kier alpha value is -1.69. The fraction of sp³-hybridized carbons (Fsp3) is 0. The standard InChI is InChI=1S/C7H3N5S/c1-2-5-7(13-12-9-5)6-4(1)3-8-11-10-6/h1-3H. The second kappa shape index (κ2) is 2.40. The van der Waals surface area contributed by atoms with Crippen LogP contribution in [0.1, 0.15) is 0 Å². The predicted octanol–water partition coefficient (Wildman–Crippen LogP) is 1.03. The molecule has 0 aliphatic carbocycles. The number of aromatic nitrogens is 5. The van der Waals surface area contributed by atoms with Crippen molar-refractivity contribution in [3.8, 4) is 0 Å². The average molecular weight is 189 g/mol. The number of nitrogens with zero attached hydrogens (tertiary/aromatic N) is 5. The van der Waals surface area contributed by atoms with Gasteiger partial charge in [0.05, 0.1) is 6.20 Å². The van der Waals surface area contributed by atoms with E-state index >= 15 is 0 Å². The van der Waals surface area contributed by atoms with E-state index < -0.39 is 0 Å². The molecule has 0 amide bonds. The van der Waals surface area contributed by atoms with Gasteiger partial charge in [-0.05, 0) is 28.9 Å². The van der Waals surface area contributed by atoms with Gasteiger partial charge in [-0.15, -0.1) is 15.3 Å². The number of hydrogen-bond acceptors (Lipinski definition) is 6. The minimum absolute atomic E-state index is 0.822. The van der Waals surface area contributed by atoms with Gasteiger partial charge in [0, 0.05) is 5.39 Å². The summed E-state index contributed by atoms with van der Waals surface area (Å²) < 4.78 is 4.82. The van der Waals surface area contributed by atoms with E-state index in [1.165, 1.54) is 11.5 Å². The van der Waals surface area contributed by atoms with Crippen molar-refractivity contribution in [3.05, 3.63) is 18.3 Å². The van der Waals surface area contributed by atoms with Crippen molar-refractivity contribution < 1.29 is 0 Å². The van der Waals surface area contributed by atoms with Crippen LogP contribution in [0.15, 0.2) is 18.3 Å². The first-order valence-corrected chi connectivity index (χ1v) is 4.41. The number of hydrogen-bond donors (Lipinski definition) is 0. The molecule has 0 saturated carbocycles. The maximum Gasteiger partial charge on any atom is 0.117 e. The molecule has 62 valence electrons. The molecule has 5 nitrogen and oxygen atoms in total. The van der Waals surface area contributed by atoms with Gasteiger partial charge < -0.3 is 0 Å². The summed E-state index contributed by atoms with van der Waals surface area (Å²) in [6.45, 7) is 0. The topological polar surface area (TPSA) is 64.5 Å². The van der Waals surface area contributed by atoms with Crippen molar-refractivity contribution in [1.82, 2.24) is 25.0 Å². The molecule has 0 radical (unpaired) electrons. The maximum absolute atomic E-state index is 3.95. The SMILES string of the molecule is c1cc2nnsc2c2nnncc12. The summed E-state index contributed by atoms with van der Waals surface area (Å²) in [5.74, 6) is 0. The van der Waals surface area contributed by atoms with Crippen LogP contribution in [0.3, 0.4) is 0 Å². The fourth-order valence-corrected chi connectivity index (χ4v) is 1.87. The zero-order valence-electron chi connectivity index (χ0n) is 6.38. The number of benzene rings is 1. The van der Waals surface area contributed by atoms with E-state index in [0.29, 0.717) is 0 Å². The van der Waals surface area contributed by atoms with Crippen LogP contribution in [0, 0.1) is 0 Å². The molecule has 0 bridgehead atoms. The Morgan fingerprint density at radius 1 is 1.15 bits per heavy atom. The van der Waals surface area contributed by atoms with Crippen molar-refractivity contribution in [3.63, 3.8) is 0 Å².